The Bertz CT molecular complexity index is 1210. The lowest BCUT2D eigenvalue weighted by Gasteiger charge is -2.08. The maximum Gasteiger partial charge on any atom is 0.341 e. The number of thiophene rings is 1. The molecule has 32 heavy (non-hydrogen) atoms. The Balaban J connectivity index is 1.46. The summed E-state index contributed by atoms with van der Waals surface area (Å²) in [4.78, 5) is 29.2. The second-order valence-electron chi connectivity index (χ2n) is 6.39. The van der Waals surface area contributed by atoms with E-state index < -0.39 is 5.97 Å². The molecule has 4 rings (SSSR count). The van der Waals surface area contributed by atoms with Gasteiger partial charge in [0.2, 0.25) is 11.8 Å². The molecule has 0 saturated heterocycles. The molecule has 3 heterocycles. The molecule has 0 aliphatic rings. The van der Waals surface area contributed by atoms with Crippen molar-refractivity contribution < 1.29 is 18.7 Å². The van der Waals surface area contributed by atoms with Crippen LogP contribution in [0, 0.1) is 0 Å². The Hall–Kier alpha value is -3.50. The Labute approximate surface area is 192 Å². The van der Waals surface area contributed by atoms with E-state index in [1.807, 2.05) is 35.7 Å². The molecule has 0 radical (unpaired) electrons. The van der Waals surface area contributed by atoms with Gasteiger partial charge in [-0.15, -0.1) is 21.5 Å². The molecule has 162 valence electrons. The van der Waals surface area contributed by atoms with E-state index in [9.17, 15) is 9.59 Å². The van der Waals surface area contributed by atoms with Crippen LogP contribution in [-0.4, -0.2) is 39.4 Å². The largest absolute Gasteiger partial charge is 0.462 e. The zero-order chi connectivity index (χ0) is 22.3. The van der Waals surface area contributed by atoms with Gasteiger partial charge in [0, 0.05) is 23.3 Å². The second-order valence-corrected chi connectivity index (χ2v) is 8.20. The lowest BCUT2D eigenvalue weighted by Crippen LogP contribution is -2.16. The van der Waals surface area contributed by atoms with Gasteiger partial charge in [-0.25, -0.2) is 4.79 Å². The first-order valence-corrected chi connectivity index (χ1v) is 11.5. The molecule has 0 aliphatic carbocycles. The van der Waals surface area contributed by atoms with Crippen molar-refractivity contribution in [2.45, 2.75) is 12.1 Å². The topological polar surface area (TPSA) is 107 Å². The Morgan fingerprint density at radius 1 is 1.12 bits per heavy atom. The van der Waals surface area contributed by atoms with E-state index in [1.165, 1.54) is 11.3 Å². The third kappa shape index (κ3) is 5.04. The summed E-state index contributed by atoms with van der Waals surface area (Å²) in [7, 11) is 0. The average molecular weight is 467 g/mol. The highest BCUT2D eigenvalue weighted by Crippen LogP contribution is 2.36. The lowest BCUT2D eigenvalue weighted by atomic mass is 10.0. The molecule has 4 aromatic rings. The predicted molar refractivity (Wildman–Crippen MR) is 123 cm³/mol. The number of nitrogens with zero attached hydrogens (tertiary/aromatic N) is 3. The normalized spacial score (nSPS) is 10.7. The molecule has 10 heteroatoms. The molecule has 1 aromatic carbocycles. The van der Waals surface area contributed by atoms with Gasteiger partial charge in [0.05, 0.1) is 17.9 Å². The van der Waals surface area contributed by atoms with Gasteiger partial charge in [0.25, 0.3) is 5.22 Å². The summed E-state index contributed by atoms with van der Waals surface area (Å²) < 4.78 is 10.8. The summed E-state index contributed by atoms with van der Waals surface area (Å²) in [6, 6.07) is 13.1. The van der Waals surface area contributed by atoms with Crippen molar-refractivity contribution >= 4 is 40.0 Å². The minimum atomic E-state index is -0.478. The SMILES string of the molecule is CCOC(=O)c1c(-c2ccccc2)csc1NC(=O)CSc1nnc(-c2cccnc2)o1. The summed E-state index contributed by atoms with van der Waals surface area (Å²) >= 11 is 2.38. The monoisotopic (exact) mass is 466 g/mol. The number of carbonyl (C=O) groups is 2. The first-order chi connectivity index (χ1) is 15.7. The average Bonchev–Trinajstić information content (AvgIpc) is 3.46. The van der Waals surface area contributed by atoms with Crippen molar-refractivity contribution in [2.75, 3.05) is 17.7 Å². The molecular formula is C22H18N4O4S2. The number of esters is 1. The van der Waals surface area contributed by atoms with E-state index in [4.69, 9.17) is 9.15 Å². The van der Waals surface area contributed by atoms with Crippen LogP contribution in [0.2, 0.25) is 0 Å². The van der Waals surface area contributed by atoms with E-state index in [-0.39, 0.29) is 23.5 Å². The first kappa shape index (κ1) is 21.7. The van der Waals surface area contributed by atoms with Crippen LogP contribution in [0.25, 0.3) is 22.6 Å². The van der Waals surface area contributed by atoms with Crippen molar-refractivity contribution in [3.8, 4) is 22.6 Å². The number of benzene rings is 1. The molecule has 0 spiro atoms. The minimum absolute atomic E-state index is 0.0372. The van der Waals surface area contributed by atoms with Crippen LogP contribution in [-0.2, 0) is 9.53 Å². The number of nitrogens with one attached hydrogen (secondary N) is 1. The van der Waals surface area contributed by atoms with Crippen molar-refractivity contribution in [3.05, 3.63) is 65.8 Å². The van der Waals surface area contributed by atoms with Crippen LogP contribution in [0.1, 0.15) is 17.3 Å². The van der Waals surface area contributed by atoms with Gasteiger partial charge in [0.1, 0.15) is 10.6 Å². The Morgan fingerprint density at radius 2 is 1.94 bits per heavy atom. The maximum absolute atomic E-state index is 12.6. The van der Waals surface area contributed by atoms with Crippen molar-refractivity contribution in [2.24, 2.45) is 0 Å². The number of hydrogen-bond acceptors (Lipinski definition) is 9. The highest BCUT2D eigenvalue weighted by Gasteiger charge is 2.23. The number of aromatic nitrogens is 3. The fourth-order valence-electron chi connectivity index (χ4n) is 2.85. The zero-order valence-corrected chi connectivity index (χ0v) is 18.6. The number of thioether (sulfide) groups is 1. The summed E-state index contributed by atoms with van der Waals surface area (Å²) in [5.74, 6) is -0.414. The molecule has 0 atom stereocenters. The smallest absolute Gasteiger partial charge is 0.341 e. The fraction of sp³-hybridized carbons (Fsp3) is 0.136. The fourth-order valence-corrected chi connectivity index (χ4v) is 4.39. The quantitative estimate of drug-likeness (QED) is 0.292. The van der Waals surface area contributed by atoms with Gasteiger partial charge in [-0.05, 0) is 24.6 Å². The third-order valence-electron chi connectivity index (χ3n) is 4.25. The zero-order valence-electron chi connectivity index (χ0n) is 17.0. The number of anilines is 1. The van der Waals surface area contributed by atoms with Crippen molar-refractivity contribution in [3.63, 3.8) is 0 Å². The van der Waals surface area contributed by atoms with E-state index in [0.29, 0.717) is 22.0 Å². The minimum Gasteiger partial charge on any atom is -0.462 e. The van der Waals surface area contributed by atoms with Gasteiger partial charge in [-0.2, -0.15) is 0 Å². The van der Waals surface area contributed by atoms with Gasteiger partial charge in [-0.1, -0.05) is 42.1 Å². The molecule has 0 fully saturated rings. The molecule has 8 nitrogen and oxygen atoms in total. The summed E-state index contributed by atoms with van der Waals surface area (Å²) in [5, 5.41) is 13.3. The molecule has 0 unspecified atom stereocenters. The molecule has 3 aromatic heterocycles. The molecule has 0 saturated carbocycles. The second kappa shape index (κ2) is 10.2. The number of carbonyl (C=O) groups excluding carboxylic acids is 2. The standard InChI is InChI=1S/C22H18N4O4S2/c1-2-29-21(28)18-16(14-7-4-3-5-8-14)12-31-20(18)24-17(27)13-32-22-26-25-19(30-22)15-9-6-10-23-11-15/h3-12H,2,13H2,1H3,(H,24,27). The number of hydrogen-bond donors (Lipinski definition) is 1. The summed E-state index contributed by atoms with van der Waals surface area (Å²) in [6.45, 7) is 1.98. The third-order valence-corrected chi connectivity index (χ3v) is 5.96. The summed E-state index contributed by atoms with van der Waals surface area (Å²) in [6.07, 6.45) is 3.27. The number of pyridine rings is 1. The molecule has 0 aliphatic heterocycles. The molecule has 0 bridgehead atoms. The van der Waals surface area contributed by atoms with Crippen molar-refractivity contribution in [1.82, 2.24) is 15.2 Å². The lowest BCUT2D eigenvalue weighted by molar-refractivity contribution is -0.113. The Kier molecular flexibility index (Phi) is 6.93. The van der Waals surface area contributed by atoms with E-state index >= 15 is 0 Å². The van der Waals surface area contributed by atoms with Gasteiger partial charge in [0.15, 0.2) is 0 Å². The van der Waals surface area contributed by atoms with E-state index in [2.05, 4.69) is 20.5 Å². The van der Waals surface area contributed by atoms with Crippen LogP contribution in [0.5, 0.6) is 0 Å². The molecule has 1 N–H and O–H groups in total. The highest BCUT2D eigenvalue weighted by atomic mass is 32.2. The van der Waals surface area contributed by atoms with Gasteiger partial charge in [-0.3, -0.25) is 9.78 Å². The van der Waals surface area contributed by atoms with E-state index in [0.717, 1.165) is 22.9 Å². The first-order valence-electron chi connectivity index (χ1n) is 9.66. The van der Waals surface area contributed by atoms with Crippen molar-refractivity contribution in [1.29, 1.82) is 0 Å². The maximum atomic E-state index is 12.6. The number of amides is 1. The predicted octanol–water partition coefficient (Wildman–Crippen LogP) is 4.77. The van der Waals surface area contributed by atoms with Gasteiger partial charge < -0.3 is 14.5 Å². The Morgan fingerprint density at radius 3 is 2.69 bits per heavy atom. The number of ether oxygens (including phenoxy) is 1. The van der Waals surface area contributed by atoms with Gasteiger partial charge >= 0.3 is 5.97 Å². The van der Waals surface area contributed by atoms with Crippen LogP contribution in [0.15, 0.2) is 69.9 Å². The van der Waals surface area contributed by atoms with Crippen LogP contribution in [0.3, 0.4) is 0 Å². The van der Waals surface area contributed by atoms with Crippen LogP contribution >= 0.6 is 23.1 Å². The highest BCUT2D eigenvalue weighted by molar-refractivity contribution is 7.99. The number of rotatable bonds is 8. The summed E-state index contributed by atoms with van der Waals surface area (Å²) in [5.41, 5.74) is 2.63. The molecule has 1 amide bonds. The van der Waals surface area contributed by atoms with Crippen LogP contribution < -0.4 is 5.32 Å². The molecular weight excluding hydrogens is 448 g/mol. The van der Waals surface area contributed by atoms with E-state index in [1.54, 1.807) is 31.5 Å². The van der Waals surface area contributed by atoms with Crippen LogP contribution in [0.4, 0.5) is 5.00 Å².